The van der Waals surface area contributed by atoms with E-state index in [1.54, 1.807) is 0 Å². The topological polar surface area (TPSA) is 57.5 Å². The summed E-state index contributed by atoms with van der Waals surface area (Å²) in [6, 6.07) is 0. The van der Waals surface area contributed by atoms with Crippen LogP contribution in [0.5, 0.6) is 0 Å². The third kappa shape index (κ3) is 137. The second kappa shape index (κ2) is 4.44. The van der Waals surface area contributed by atoms with Crippen molar-refractivity contribution in [3.8, 4) is 0 Å². The Kier molecular flexibility index (Phi) is 8.05. The molecule has 0 heterocycles. The zero-order valence-corrected chi connectivity index (χ0v) is 4.45. The maximum absolute atomic E-state index is 8.81. The monoisotopic (exact) mass is 200 g/mol. The van der Waals surface area contributed by atoms with Gasteiger partial charge < -0.3 is 0 Å². The molecule has 0 unspecified atom stereocenters. The third-order valence-corrected chi connectivity index (χ3v) is 0. The molecule has 0 aromatic heterocycles. The number of halogens is 1. The first-order valence-corrected chi connectivity index (χ1v) is 3.57. The molecule has 0 aromatic rings. The quantitative estimate of drug-likeness (QED) is 0.467. The summed E-state index contributed by atoms with van der Waals surface area (Å²) in [4.78, 5) is 0. The minimum absolute atomic E-state index is 0. The fraction of sp³-hybridized carbons (Fsp3) is 0. The molecule has 0 aliphatic carbocycles. The van der Waals surface area contributed by atoms with E-state index in [9.17, 15) is 0 Å². The Hall–Kier alpha value is 0.440. The van der Waals surface area contributed by atoms with Crippen LogP contribution in [0.4, 0.5) is 4.70 Å². The Bertz CT molecular complexity index is 29.9. The van der Waals surface area contributed by atoms with E-state index in [1.807, 2.05) is 0 Å². The van der Waals surface area contributed by atoms with Crippen LogP contribution in [0.1, 0.15) is 0 Å². The Morgan fingerprint density at radius 2 is 1.40 bits per heavy atom. The second-order valence-electron chi connectivity index (χ2n) is 0.231. The summed E-state index contributed by atoms with van der Waals surface area (Å²) in [5, 5.41) is 0. The van der Waals surface area contributed by atoms with Crippen LogP contribution in [0.15, 0.2) is 0 Å². The normalized spacial score (nSPS) is 7.00. The SMILES string of the molecule is F.O=[Te](O)O. The van der Waals surface area contributed by atoms with E-state index < -0.39 is 20.4 Å². The molecule has 2 N–H and O–H groups in total. The predicted octanol–water partition coefficient (Wildman–Crippen LogP) is -1.46. The first-order chi connectivity index (χ1) is 1.73. The first kappa shape index (κ1) is 9.06. The van der Waals surface area contributed by atoms with E-state index in [1.165, 1.54) is 0 Å². The van der Waals surface area contributed by atoms with Crippen LogP contribution < -0.4 is 0 Å². The molecule has 0 saturated heterocycles. The molecular weight excluding hydrogens is 195 g/mol. The zero-order valence-electron chi connectivity index (χ0n) is 2.12. The molecule has 5 heteroatoms. The van der Waals surface area contributed by atoms with Gasteiger partial charge >= 0.3 is 30.4 Å². The van der Waals surface area contributed by atoms with Crippen LogP contribution >= 0.6 is 0 Å². The third-order valence-electron chi connectivity index (χ3n) is 0. The van der Waals surface area contributed by atoms with Gasteiger partial charge in [-0.25, -0.2) is 0 Å². The van der Waals surface area contributed by atoms with Crippen LogP contribution in [0.3, 0.4) is 0 Å². The van der Waals surface area contributed by atoms with Crippen LogP contribution in [-0.4, -0.2) is 27.3 Å². The molecule has 0 fully saturated rings. The molecule has 3 nitrogen and oxygen atoms in total. The van der Waals surface area contributed by atoms with Crippen molar-refractivity contribution in [1.29, 1.82) is 0 Å². The maximum atomic E-state index is 8.81. The fourth-order valence-electron chi connectivity index (χ4n) is 0. The molecule has 5 heavy (non-hydrogen) atoms. The second-order valence-corrected chi connectivity index (χ2v) is 1.55. The van der Waals surface area contributed by atoms with Gasteiger partial charge in [0.25, 0.3) is 0 Å². The van der Waals surface area contributed by atoms with Crippen LogP contribution in [0, 0.1) is 0 Å². The average molecular weight is 198 g/mol. The van der Waals surface area contributed by atoms with Crippen LogP contribution in [0.2, 0.25) is 0 Å². The molecule has 0 spiro atoms. The summed E-state index contributed by atoms with van der Waals surface area (Å²) >= 11 is -3.61. The molecular formula is H3FO3Te. The average Bonchev–Trinajstić information content (AvgIpc) is 0.811. The molecule has 0 radical (unpaired) electrons. The van der Waals surface area contributed by atoms with Crippen molar-refractivity contribution in [3.63, 3.8) is 0 Å². The molecule has 0 aliphatic heterocycles. The summed E-state index contributed by atoms with van der Waals surface area (Å²) in [5.74, 6) is 0. The number of rotatable bonds is 0. The summed E-state index contributed by atoms with van der Waals surface area (Å²) in [6.45, 7) is 0. The van der Waals surface area contributed by atoms with Crippen LogP contribution in [-0.2, 0) is 3.10 Å². The van der Waals surface area contributed by atoms with Crippen molar-refractivity contribution < 1.29 is 14.8 Å². The van der Waals surface area contributed by atoms with Crippen molar-refractivity contribution >= 4 is 20.4 Å². The predicted molar refractivity (Wildman–Crippen MR) is 13.4 cm³/mol. The van der Waals surface area contributed by atoms with Crippen molar-refractivity contribution in [3.05, 3.63) is 0 Å². The number of hydrogen-bond donors (Lipinski definition) is 2. The summed E-state index contributed by atoms with van der Waals surface area (Å²) < 4.78 is 23.3. The van der Waals surface area contributed by atoms with Gasteiger partial charge in [0, 0.05) is 0 Å². The van der Waals surface area contributed by atoms with Gasteiger partial charge in [0.15, 0.2) is 0 Å². The van der Waals surface area contributed by atoms with Gasteiger partial charge in [-0.1, -0.05) is 0 Å². The van der Waals surface area contributed by atoms with Gasteiger partial charge in [-0.3, -0.25) is 4.70 Å². The van der Waals surface area contributed by atoms with Gasteiger partial charge in [0.1, 0.15) is 0 Å². The van der Waals surface area contributed by atoms with Gasteiger partial charge in [-0.2, -0.15) is 0 Å². The van der Waals surface area contributed by atoms with E-state index in [-0.39, 0.29) is 4.70 Å². The van der Waals surface area contributed by atoms with E-state index in [0.29, 0.717) is 0 Å². The minimum atomic E-state index is -3.61. The molecule has 0 atom stereocenters. The molecule has 0 bridgehead atoms. The molecule has 0 rings (SSSR count). The fourth-order valence-corrected chi connectivity index (χ4v) is 0. The van der Waals surface area contributed by atoms with E-state index >= 15 is 0 Å². The molecule has 0 aliphatic rings. The van der Waals surface area contributed by atoms with Crippen molar-refractivity contribution in [1.82, 2.24) is 0 Å². The van der Waals surface area contributed by atoms with Crippen molar-refractivity contribution in [2.45, 2.75) is 0 Å². The van der Waals surface area contributed by atoms with E-state index in [0.717, 1.165) is 0 Å². The number of hydrogen-bond acceptors (Lipinski definition) is 1. The van der Waals surface area contributed by atoms with E-state index in [2.05, 4.69) is 0 Å². The Balaban J connectivity index is 0. The first-order valence-electron chi connectivity index (χ1n) is 0.532. The Morgan fingerprint density at radius 1 is 1.40 bits per heavy atom. The van der Waals surface area contributed by atoms with Crippen molar-refractivity contribution in [2.24, 2.45) is 0 Å². The van der Waals surface area contributed by atoms with Gasteiger partial charge in [-0.15, -0.1) is 0 Å². The van der Waals surface area contributed by atoms with Gasteiger partial charge in [-0.05, 0) is 0 Å². The Labute approximate surface area is 35.7 Å². The standard InChI is InChI=1S/FH.H2O3Te/c;1-4(2)3/h1H;(H2,1,2,3). The molecule has 0 aromatic carbocycles. The van der Waals surface area contributed by atoms with Gasteiger partial charge in [0.2, 0.25) is 0 Å². The van der Waals surface area contributed by atoms with Crippen molar-refractivity contribution in [2.75, 3.05) is 0 Å². The molecule has 0 saturated carbocycles. The van der Waals surface area contributed by atoms with Gasteiger partial charge in [0.05, 0.1) is 0 Å². The Morgan fingerprint density at radius 3 is 1.40 bits per heavy atom. The summed E-state index contributed by atoms with van der Waals surface area (Å²) in [5.41, 5.74) is 0. The van der Waals surface area contributed by atoms with E-state index in [4.69, 9.17) is 10.0 Å². The summed E-state index contributed by atoms with van der Waals surface area (Å²) in [7, 11) is 0. The molecule has 34 valence electrons. The summed E-state index contributed by atoms with van der Waals surface area (Å²) in [6.07, 6.45) is 0. The molecule has 0 amide bonds. The van der Waals surface area contributed by atoms with Crippen LogP contribution in [0.25, 0.3) is 0 Å². The zero-order chi connectivity index (χ0) is 3.58.